The summed E-state index contributed by atoms with van der Waals surface area (Å²) in [4.78, 5) is 0. The fourth-order valence-electron chi connectivity index (χ4n) is 3.11. The summed E-state index contributed by atoms with van der Waals surface area (Å²) in [5, 5.41) is 14.0. The van der Waals surface area contributed by atoms with Gasteiger partial charge in [-0.2, -0.15) is 0 Å². The summed E-state index contributed by atoms with van der Waals surface area (Å²) in [5.41, 5.74) is -0.367. The summed E-state index contributed by atoms with van der Waals surface area (Å²) in [7, 11) is 0. The summed E-state index contributed by atoms with van der Waals surface area (Å²) in [6.45, 7) is 3.37. The van der Waals surface area contributed by atoms with Gasteiger partial charge in [0.25, 0.3) is 0 Å². The minimum atomic E-state index is -0.367. The van der Waals surface area contributed by atoms with Crippen molar-refractivity contribution in [2.24, 2.45) is 5.92 Å². The lowest BCUT2D eigenvalue weighted by Crippen LogP contribution is -2.53. The maximum absolute atomic E-state index is 10.5. The highest BCUT2D eigenvalue weighted by atomic mass is 16.3. The maximum atomic E-state index is 10.5. The Labute approximate surface area is 87.1 Å². The van der Waals surface area contributed by atoms with Crippen LogP contribution in [-0.4, -0.2) is 23.3 Å². The van der Waals surface area contributed by atoms with Crippen LogP contribution in [0.1, 0.15) is 51.9 Å². The van der Waals surface area contributed by atoms with E-state index in [1.807, 2.05) is 0 Å². The zero-order chi connectivity index (χ0) is 10.0. The predicted molar refractivity (Wildman–Crippen MR) is 58.2 cm³/mol. The Morgan fingerprint density at radius 3 is 2.71 bits per heavy atom. The molecular weight excluding hydrogens is 174 g/mol. The van der Waals surface area contributed by atoms with Gasteiger partial charge in [-0.1, -0.05) is 26.2 Å². The van der Waals surface area contributed by atoms with Crippen LogP contribution in [0.4, 0.5) is 0 Å². The third-order valence-electron chi connectivity index (χ3n) is 4.21. The molecule has 2 nitrogen and oxygen atoms in total. The van der Waals surface area contributed by atoms with E-state index in [0.717, 1.165) is 25.3 Å². The lowest BCUT2D eigenvalue weighted by Gasteiger charge is -2.39. The molecular formula is C12H23NO. The van der Waals surface area contributed by atoms with Crippen molar-refractivity contribution in [3.63, 3.8) is 0 Å². The summed E-state index contributed by atoms with van der Waals surface area (Å²) >= 11 is 0. The van der Waals surface area contributed by atoms with Crippen LogP contribution in [-0.2, 0) is 0 Å². The molecule has 82 valence electrons. The topological polar surface area (TPSA) is 32.3 Å². The minimum absolute atomic E-state index is 0.367. The van der Waals surface area contributed by atoms with E-state index >= 15 is 0 Å². The Bertz CT molecular complexity index is 187. The van der Waals surface area contributed by atoms with E-state index in [1.54, 1.807) is 0 Å². The number of rotatable bonds is 2. The van der Waals surface area contributed by atoms with E-state index < -0.39 is 0 Å². The molecule has 2 N–H and O–H groups in total. The first-order chi connectivity index (χ1) is 6.74. The molecule has 14 heavy (non-hydrogen) atoms. The molecule has 2 atom stereocenters. The molecule has 0 bridgehead atoms. The van der Waals surface area contributed by atoms with Gasteiger partial charge >= 0.3 is 0 Å². The molecule has 0 radical (unpaired) electrons. The Kier molecular flexibility index (Phi) is 3.13. The maximum Gasteiger partial charge on any atom is 0.0800 e. The standard InChI is InChI=1S/C12H23NO/c1-2-10-5-8-13-11(9-10)12(14)6-3-4-7-12/h10-11,13-14H,2-9H2,1H3. The smallest absolute Gasteiger partial charge is 0.0800 e. The van der Waals surface area contributed by atoms with E-state index in [4.69, 9.17) is 0 Å². The highest BCUT2D eigenvalue weighted by Gasteiger charge is 2.41. The molecule has 1 saturated carbocycles. The van der Waals surface area contributed by atoms with Gasteiger partial charge < -0.3 is 10.4 Å². The molecule has 2 heteroatoms. The lowest BCUT2D eigenvalue weighted by molar-refractivity contribution is -0.00889. The average molecular weight is 197 g/mol. The fraction of sp³-hybridized carbons (Fsp3) is 1.00. The van der Waals surface area contributed by atoms with Gasteiger partial charge in [-0.05, 0) is 38.1 Å². The van der Waals surface area contributed by atoms with E-state index in [1.165, 1.54) is 32.1 Å². The highest BCUT2D eigenvalue weighted by Crippen LogP contribution is 2.36. The van der Waals surface area contributed by atoms with Gasteiger partial charge in [0.05, 0.1) is 5.60 Å². The van der Waals surface area contributed by atoms with Gasteiger partial charge in [0.15, 0.2) is 0 Å². The second-order valence-corrected chi connectivity index (χ2v) is 5.12. The molecule has 0 aromatic rings. The molecule has 0 spiro atoms. The number of piperidine rings is 1. The summed E-state index contributed by atoms with van der Waals surface area (Å²) < 4.78 is 0. The van der Waals surface area contributed by atoms with Gasteiger partial charge in [0, 0.05) is 6.04 Å². The second-order valence-electron chi connectivity index (χ2n) is 5.12. The third-order valence-corrected chi connectivity index (χ3v) is 4.21. The van der Waals surface area contributed by atoms with Gasteiger partial charge in [0.2, 0.25) is 0 Å². The minimum Gasteiger partial charge on any atom is -0.388 e. The molecule has 0 amide bonds. The monoisotopic (exact) mass is 197 g/mol. The molecule has 2 unspecified atom stereocenters. The molecule has 0 aromatic carbocycles. The van der Waals surface area contributed by atoms with Gasteiger partial charge in [-0.25, -0.2) is 0 Å². The van der Waals surface area contributed by atoms with Crippen molar-refractivity contribution in [2.45, 2.75) is 63.5 Å². The molecule has 1 heterocycles. The van der Waals surface area contributed by atoms with Crippen molar-refractivity contribution < 1.29 is 5.11 Å². The zero-order valence-corrected chi connectivity index (χ0v) is 9.26. The fourth-order valence-corrected chi connectivity index (χ4v) is 3.11. The van der Waals surface area contributed by atoms with E-state index in [0.29, 0.717) is 6.04 Å². The Balaban J connectivity index is 1.96. The van der Waals surface area contributed by atoms with Crippen LogP contribution in [0.15, 0.2) is 0 Å². The van der Waals surface area contributed by atoms with Crippen LogP contribution in [0.5, 0.6) is 0 Å². The summed E-state index contributed by atoms with van der Waals surface area (Å²) in [6.07, 6.45) is 8.21. The van der Waals surface area contributed by atoms with Crippen molar-refractivity contribution in [1.82, 2.24) is 5.32 Å². The second kappa shape index (κ2) is 4.19. The number of aliphatic hydroxyl groups is 1. The van der Waals surface area contributed by atoms with Crippen LogP contribution in [0.2, 0.25) is 0 Å². The SMILES string of the molecule is CCC1CCNC(C2(O)CCCC2)C1. The first kappa shape index (κ1) is 10.4. The molecule has 2 rings (SSSR count). The zero-order valence-electron chi connectivity index (χ0n) is 9.26. The molecule has 1 saturated heterocycles. The summed E-state index contributed by atoms with van der Waals surface area (Å²) in [6, 6.07) is 0.378. The normalized spacial score (nSPS) is 37.3. The van der Waals surface area contributed by atoms with Crippen LogP contribution in [0, 0.1) is 5.92 Å². The Hall–Kier alpha value is -0.0800. The average Bonchev–Trinajstić information content (AvgIpc) is 2.67. The summed E-state index contributed by atoms with van der Waals surface area (Å²) in [5.74, 6) is 0.839. The van der Waals surface area contributed by atoms with Crippen molar-refractivity contribution in [3.05, 3.63) is 0 Å². The van der Waals surface area contributed by atoms with Crippen molar-refractivity contribution >= 4 is 0 Å². The molecule has 2 aliphatic rings. The van der Waals surface area contributed by atoms with E-state index in [2.05, 4.69) is 12.2 Å². The highest BCUT2D eigenvalue weighted by molar-refractivity contribution is 4.97. The Morgan fingerprint density at radius 2 is 2.07 bits per heavy atom. The van der Waals surface area contributed by atoms with Crippen molar-refractivity contribution in [2.75, 3.05) is 6.54 Å². The van der Waals surface area contributed by atoms with Crippen LogP contribution in [0.25, 0.3) is 0 Å². The third kappa shape index (κ3) is 1.96. The van der Waals surface area contributed by atoms with Gasteiger partial charge in [0.1, 0.15) is 0 Å². The number of hydrogen-bond donors (Lipinski definition) is 2. The van der Waals surface area contributed by atoms with Crippen molar-refractivity contribution in [3.8, 4) is 0 Å². The van der Waals surface area contributed by atoms with Gasteiger partial charge in [-0.3, -0.25) is 0 Å². The number of hydrogen-bond acceptors (Lipinski definition) is 2. The number of nitrogens with one attached hydrogen (secondary N) is 1. The quantitative estimate of drug-likeness (QED) is 0.710. The van der Waals surface area contributed by atoms with E-state index in [-0.39, 0.29) is 5.60 Å². The van der Waals surface area contributed by atoms with Crippen LogP contribution >= 0.6 is 0 Å². The largest absolute Gasteiger partial charge is 0.388 e. The molecule has 1 aliphatic heterocycles. The van der Waals surface area contributed by atoms with Gasteiger partial charge in [-0.15, -0.1) is 0 Å². The van der Waals surface area contributed by atoms with Crippen molar-refractivity contribution in [1.29, 1.82) is 0 Å². The molecule has 0 aromatic heterocycles. The lowest BCUT2D eigenvalue weighted by atomic mass is 9.81. The first-order valence-corrected chi connectivity index (χ1v) is 6.20. The Morgan fingerprint density at radius 1 is 1.36 bits per heavy atom. The predicted octanol–water partition coefficient (Wildman–Crippen LogP) is 2.07. The molecule has 1 aliphatic carbocycles. The molecule has 2 fully saturated rings. The van der Waals surface area contributed by atoms with Crippen LogP contribution in [0.3, 0.4) is 0 Å². The van der Waals surface area contributed by atoms with Crippen LogP contribution < -0.4 is 5.32 Å². The van der Waals surface area contributed by atoms with E-state index in [9.17, 15) is 5.11 Å². The first-order valence-electron chi connectivity index (χ1n) is 6.20.